The number of piperidine rings is 1. The molecule has 1 saturated heterocycles. The van der Waals surface area contributed by atoms with Crippen molar-refractivity contribution in [1.29, 1.82) is 0 Å². The fourth-order valence-electron chi connectivity index (χ4n) is 3.59. The Labute approximate surface area is 179 Å². The summed E-state index contributed by atoms with van der Waals surface area (Å²) in [6.45, 7) is 6.66. The third-order valence-corrected chi connectivity index (χ3v) is 5.10. The number of fused-ring (bicyclic) bond motifs is 1. The average molecular weight is 486 g/mol. The Morgan fingerprint density at radius 2 is 1.81 bits per heavy atom. The molecule has 1 amide bonds. The van der Waals surface area contributed by atoms with Gasteiger partial charge in [0.2, 0.25) is 5.91 Å². The topological polar surface area (TPSA) is 68.2 Å². The van der Waals surface area contributed by atoms with Crippen LogP contribution in [0.3, 0.4) is 0 Å². The van der Waals surface area contributed by atoms with Crippen molar-refractivity contribution < 1.29 is 9.90 Å². The number of aliphatic hydroxyl groups excluding tert-OH is 1. The number of nitrogens with one attached hydrogen (secondary N) is 1. The first-order valence-electron chi connectivity index (χ1n) is 9.73. The molecule has 6 nitrogen and oxygen atoms in total. The Kier molecular flexibility index (Phi) is 8.82. The highest BCUT2D eigenvalue weighted by atomic mass is 127. The normalized spacial score (nSPS) is 17.5. The molecule has 0 unspecified atom stereocenters. The minimum absolute atomic E-state index is 0. The fraction of sp³-hybridized carbons (Fsp3) is 0.600. The Morgan fingerprint density at radius 1 is 1.19 bits per heavy atom. The van der Waals surface area contributed by atoms with Gasteiger partial charge in [-0.05, 0) is 37.3 Å². The number of hydrogen-bond donors (Lipinski definition) is 2. The van der Waals surface area contributed by atoms with Gasteiger partial charge in [-0.25, -0.2) is 0 Å². The zero-order chi connectivity index (χ0) is 18.4. The molecule has 0 aliphatic carbocycles. The molecule has 3 rings (SSSR count). The first-order chi connectivity index (χ1) is 12.7. The van der Waals surface area contributed by atoms with Gasteiger partial charge in [0.05, 0.1) is 6.10 Å². The minimum Gasteiger partial charge on any atom is -0.393 e. The quantitative estimate of drug-likeness (QED) is 0.290. The van der Waals surface area contributed by atoms with E-state index in [1.54, 1.807) is 0 Å². The second-order valence-electron chi connectivity index (χ2n) is 7.08. The number of guanidine groups is 1. The molecule has 150 valence electrons. The monoisotopic (exact) mass is 486 g/mol. The van der Waals surface area contributed by atoms with Crippen molar-refractivity contribution in [3.63, 3.8) is 0 Å². The number of halogens is 1. The van der Waals surface area contributed by atoms with Crippen LogP contribution in [0.25, 0.3) is 0 Å². The predicted molar refractivity (Wildman–Crippen MR) is 118 cm³/mol. The first-order valence-corrected chi connectivity index (χ1v) is 9.73. The molecule has 2 N–H and O–H groups in total. The standard InChI is InChI=1S/C20H30N4O2.HI/c1-2-21-20(23-12-9-18(25)10-13-23)22-11-5-8-19(26)24-14-16-6-3-4-7-17(16)15-24;/h3-4,6-7,18,25H,2,5,8-15H2,1H3,(H,21,22);1H. The van der Waals surface area contributed by atoms with Crippen LogP contribution in [-0.4, -0.2) is 59.1 Å². The Balaban J connectivity index is 0.00000261. The van der Waals surface area contributed by atoms with E-state index >= 15 is 0 Å². The number of amides is 1. The number of aliphatic imine (C=N–C) groups is 1. The molecule has 0 bridgehead atoms. The van der Waals surface area contributed by atoms with Crippen LogP contribution in [0, 0.1) is 0 Å². The van der Waals surface area contributed by atoms with Crippen molar-refractivity contribution in [2.75, 3.05) is 26.2 Å². The summed E-state index contributed by atoms with van der Waals surface area (Å²) >= 11 is 0. The summed E-state index contributed by atoms with van der Waals surface area (Å²) in [6.07, 6.45) is 2.69. The van der Waals surface area contributed by atoms with Gasteiger partial charge >= 0.3 is 0 Å². The maximum absolute atomic E-state index is 12.4. The molecule has 7 heteroatoms. The first kappa shape index (κ1) is 21.9. The number of benzene rings is 1. The second kappa shape index (κ2) is 10.8. The Morgan fingerprint density at radius 3 is 2.41 bits per heavy atom. The van der Waals surface area contributed by atoms with E-state index in [4.69, 9.17) is 0 Å². The average Bonchev–Trinajstić information content (AvgIpc) is 3.09. The van der Waals surface area contributed by atoms with E-state index in [-0.39, 0.29) is 36.0 Å². The molecule has 1 aromatic rings. The van der Waals surface area contributed by atoms with Gasteiger partial charge in [0.1, 0.15) is 0 Å². The van der Waals surface area contributed by atoms with Crippen LogP contribution >= 0.6 is 24.0 Å². The summed E-state index contributed by atoms with van der Waals surface area (Å²) in [5.41, 5.74) is 2.53. The van der Waals surface area contributed by atoms with Gasteiger partial charge in [-0.15, -0.1) is 24.0 Å². The van der Waals surface area contributed by atoms with Crippen LogP contribution in [0.1, 0.15) is 43.7 Å². The number of aliphatic hydroxyl groups is 1. The Hall–Kier alpha value is -1.35. The number of hydrogen-bond acceptors (Lipinski definition) is 3. The van der Waals surface area contributed by atoms with E-state index in [9.17, 15) is 9.90 Å². The van der Waals surface area contributed by atoms with E-state index in [0.29, 0.717) is 13.0 Å². The SMILES string of the molecule is CCNC(=NCCCC(=O)N1Cc2ccccc2C1)N1CCC(O)CC1.I. The molecular weight excluding hydrogens is 455 g/mol. The zero-order valence-electron chi connectivity index (χ0n) is 16.1. The van der Waals surface area contributed by atoms with Gasteiger partial charge in [0, 0.05) is 45.7 Å². The molecule has 0 radical (unpaired) electrons. The highest BCUT2D eigenvalue weighted by Crippen LogP contribution is 2.22. The molecule has 2 aliphatic rings. The van der Waals surface area contributed by atoms with Gasteiger partial charge in [-0.2, -0.15) is 0 Å². The van der Waals surface area contributed by atoms with Crippen molar-refractivity contribution in [2.45, 2.75) is 51.8 Å². The maximum Gasteiger partial charge on any atom is 0.223 e. The molecule has 1 aromatic carbocycles. The third kappa shape index (κ3) is 6.07. The van der Waals surface area contributed by atoms with Crippen LogP contribution in [0.5, 0.6) is 0 Å². The van der Waals surface area contributed by atoms with Crippen LogP contribution < -0.4 is 5.32 Å². The largest absolute Gasteiger partial charge is 0.393 e. The van der Waals surface area contributed by atoms with Crippen LogP contribution in [-0.2, 0) is 17.9 Å². The van der Waals surface area contributed by atoms with Crippen LogP contribution in [0.2, 0.25) is 0 Å². The van der Waals surface area contributed by atoms with Crippen LogP contribution in [0.15, 0.2) is 29.3 Å². The van der Waals surface area contributed by atoms with Gasteiger partial charge in [-0.1, -0.05) is 24.3 Å². The number of rotatable bonds is 5. The lowest BCUT2D eigenvalue weighted by Crippen LogP contribution is -2.46. The van der Waals surface area contributed by atoms with E-state index < -0.39 is 0 Å². The van der Waals surface area contributed by atoms with E-state index in [0.717, 1.165) is 57.9 Å². The van der Waals surface area contributed by atoms with E-state index in [1.165, 1.54) is 11.1 Å². The fourth-order valence-corrected chi connectivity index (χ4v) is 3.59. The van der Waals surface area contributed by atoms with Gasteiger partial charge < -0.3 is 20.2 Å². The van der Waals surface area contributed by atoms with Crippen molar-refractivity contribution in [2.24, 2.45) is 4.99 Å². The van der Waals surface area contributed by atoms with Gasteiger partial charge in [0.25, 0.3) is 0 Å². The summed E-state index contributed by atoms with van der Waals surface area (Å²) in [5, 5.41) is 13.0. The number of carbonyl (C=O) groups excluding carboxylic acids is 1. The maximum atomic E-state index is 12.4. The predicted octanol–water partition coefficient (Wildman–Crippen LogP) is 2.35. The highest BCUT2D eigenvalue weighted by Gasteiger charge is 2.22. The van der Waals surface area contributed by atoms with Crippen molar-refractivity contribution >= 4 is 35.8 Å². The minimum atomic E-state index is -0.184. The smallest absolute Gasteiger partial charge is 0.223 e. The highest BCUT2D eigenvalue weighted by molar-refractivity contribution is 14.0. The molecule has 0 spiro atoms. The second-order valence-corrected chi connectivity index (χ2v) is 7.08. The van der Waals surface area contributed by atoms with Crippen LogP contribution in [0.4, 0.5) is 0 Å². The molecule has 27 heavy (non-hydrogen) atoms. The molecule has 2 heterocycles. The molecular formula is C20H31IN4O2. The van der Waals surface area contributed by atoms with Gasteiger partial charge in [-0.3, -0.25) is 9.79 Å². The van der Waals surface area contributed by atoms with Crippen molar-refractivity contribution in [1.82, 2.24) is 15.1 Å². The molecule has 0 aromatic heterocycles. The van der Waals surface area contributed by atoms with E-state index in [2.05, 4.69) is 34.3 Å². The van der Waals surface area contributed by atoms with Crippen molar-refractivity contribution in [3.8, 4) is 0 Å². The van der Waals surface area contributed by atoms with Gasteiger partial charge in [0.15, 0.2) is 5.96 Å². The molecule has 1 fully saturated rings. The summed E-state index contributed by atoms with van der Waals surface area (Å²) in [4.78, 5) is 21.3. The number of likely N-dealkylation sites (tertiary alicyclic amines) is 1. The summed E-state index contributed by atoms with van der Waals surface area (Å²) in [7, 11) is 0. The number of carbonyl (C=O) groups is 1. The zero-order valence-corrected chi connectivity index (χ0v) is 18.4. The number of nitrogens with zero attached hydrogens (tertiary/aromatic N) is 3. The summed E-state index contributed by atoms with van der Waals surface area (Å²) in [5.74, 6) is 1.11. The lowest BCUT2D eigenvalue weighted by molar-refractivity contribution is -0.131. The van der Waals surface area contributed by atoms with E-state index in [1.807, 2.05) is 17.0 Å². The summed E-state index contributed by atoms with van der Waals surface area (Å²) < 4.78 is 0. The lowest BCUT2D eigenvalue weighted by atomic mass is 10.1. The lowest BCUT2D eigenvalue weighted by Gasteiger charge is -2.32. The summed E-state index contributed by atoms with van der Waals surface area (Å²) in [6, 6.07) is 8.27. The third-order valence-electron chi connectivity index (χ3n) is 5.10. The molecule has 0 saturated carbocycles. The Bertz CT molecular complexity index is 620. The van der Waals surface area contributed by atoms with Crippen molar-refractivity contribution in [3.05, 3.63) is 35.4 Å². The molecule has 0 atom stereocenters. The molecule has 2 aliphatic heterocycles.